The SMILES string of the molecule is Cc1cccc2oc(C(O)C(NC(=O)C(C)NC(=O)C(CO)NC(=O)C(CC3=CCN(C(=N)N)C3)NC(=O)C(N)C(C)O)C(=O)O)c(C)c12. The van der Waals surface area contributed by atoms with Crippen molar-refractivity contribution in [2.24, 2.45) is 11.5 Å². The number of aliphatic hydroxyl groups is 3. The Balaban J connectivity index is 1.69. The Labute approximate surface area is 281 Å². The van der Waals surface area contributed by atoms with Gasteiger partial charge in [-0.25, -0.2) is 4.79 Å². The minimum Gasteiger partial charge on any atom is -0.480 e. The zero-order chi connectivity index (χ0) is 36.7. The molecule has 0 aliphatic carbocycles. The summed E-state index contributed by atoms with van der Waals surface area (Å²) in [4.78, 5) is 65.5. The topological polar surface area (TPSA) is 307 Å². The van der Waals surface area contributed by atoms with Gasteiger partial charge in [0.1, 0.15) is 41.6 Å². The third-order valence-corrected chi connectivity index (χ3v) is 8.17. The zero-order valence-corrected chi connectivity index (χ0v) is 27.5. The Morgan fingerprint density at radius 1 is 0.980 bits per heavy atom. The molecule has 1 aliphatic rings. The van der Waals surface area contributed by atoms with Gasteiger partial charge in [0.25, 0.3) is 0 Å². The van der Waals surface area contributed by atoms with Crippen LogP contribution >= 0.6 is 0 Å². The number of carboxylic acid groups (broad SMARTS) is 1. The highest BCUT2D eigenvalue weighted by Gasteiger charge is 2.36. The number of carboxylic acids is 1. The Hall–Kier alpha value is -5.04. The molecule has 2 heterocycles. The number of carbonyl (C=O) groups is 5. The van der Waals surface area contributed by atoms with Gasteiger partial charge in [-0.1, -0.05) is 23.8 Å². The number of hydrogen-bond donors (Lipinski definition) is 11. The van der Waals surface area contributed by atoms with Crippen LogP contribution in [0.1, 0.15) is 43.3 Å². The normalized spacial score (nSPS) is 17.1. The molecule has 0 bridgehead atoms. The number of hydrogen-bond acceptors (Lipinski definition) is 11. The molecule has 7 unspecified atom stereocenters. The van der Waals surface area contributed by atoms with Crippen molar-refractivity contribution in [2.75, 3.05) is 19.7 Å². The van der Waals surface area contributed by atoms with Crippen LogP contribution in [0.25, 0.3) is 11.0 Å². The highest BCUT2D eigenvalue weighted by molar-refractivity contribution is 5.96. The molecule has 0 radical (unpaired) electrons. The summed E-state index contributed by atoms with van der Waals surface area (Å²) >= 11 is 0. The Kier molecular flexibility index (Phi) is 12.8. The summed E-state index contributed by atoms with van der Waals surface area (Å²) in [6.07, 6.45) is -1.43. The highest BCUT2D eigenvalue weighted by Crippen LogP contribution is 2.33. The van der Waals surface area contributed by atoms with Gasteiger partial charge in [0, 0.05) is 24.0 Å². The number of fused-ring (bicyclic) bond motifs is 1. The van der Waals surface area contributed by atoms with E-state index in [0.717, 1.165) is 5.56 Å². The molecule has 1 aromatic heterocycles. The highest BCUT2D eigenvalue weighted by atomic mass is 16.4. The van der Waals surface area contributed by atoms with Gasteiger partial charge in [-0.2, -0.15) is 0 Å². The molecule has 0 saturated carbocycles. The van der Waals surface area contributed by atoms with Crippen LogP contribution in [-0.2, 0) is 24.0 Å². The molecule has 1 aliphatic heterocycles. The van der Waals surface area contributed by atoms with E-state index in [1.54, 1.807) is 25.1 Å². The summed E-state index contributed by atoms with van der Waals surface area (Å²) in [6, 6.07) is -2.41. The van der Waals surface area contributed by atoms with E-state index in [4.69, 9.17) is 21.3 Å². The van der Waals surface area contributed by atoms with Crippen LogP contribution in [0.5, 0.6) is 0 Å². The molecule has 268 valence electrons. The van der Waals surface area contributed by atoms with Gasteiger partial charge in [0.15, 0.2) is 12.0 Å². The van der Waals surface area contributed by atoms with Crippen LogP contribution in [0, 0.1) is 19.3 Å². The van der Waals surface area contributed by atoms with Crippen molar-refractivity contribution in [1.29, 1.82) is 5.41 Å². The number of aliphatic hydroxyl groups excluding tert-OH is 3. The van der Waals surface area contributed by atoms with E-state index in [0.29, 0.717) is 28.7 Å². The molecule has 3 rings (SSSR count). The number of carbonyl (C=O) groups excluding carboxylic acids is 4. The fourth-order valence-electron chi connectivity index (χ4n) is 5.26. The number of amides is 4. The number of aliphatic carboxylic acids is 1. The molecule has 1 aromatic carbocycles. The summed E-state index contributed by atoms with van der Waals surface area (Å²) in [5.74, 6) is -5.65. The summed E-state index contributed by atoms with van der Waals surface area (Å²) in [6.45, 7) is 5.53. The number of rotatable bonds is 15. The first kappa shape index (κ1) is 38.4. The predicted octanol–water partition coefficient (Wildman–Crippen LogP) is -2.65. The second-order valence-corrected chi connectivity index (χ2v) is 11.9. The van der Waals surface area contributed by atoms with Crippen molar-refractivity contribution in [3.8, 4) is 0 Å². The van der Waals surface area contributed by atoms with Crippen LogP contribution in [0.3, 0.4) is 0 Å². The van der Waals surface area contributed by atoms with Gasteiger partial charge >= 0.3 is 5.97 Å². The first-order valence-electron chi connectivity index (χ1n) is 15.4. The third kappa shape index (κ3) is 9.32. The van der Waals surface area contributed by atoms with Crippen molar-refractivity contribution in [2.45, 2.75) is 76.5 Å². The monoisotopic (exact) mass is 688 g/mol. The molecular weight excluding hydrogens is 644 g/mol. The molecule has 49 heavy (non-hydrogen) atoms. The van der Waals surface area contributed by atoms with Gasteiger partial charge in [0.05, 0.1) is 12.7 Å². The van der Waals surface area contributed by atoms with Crippen LogP contribution < -0.4 is 32.7 Å². The number of nitrogens with one attached hydrogen (secondary N) is 5. The molecule has 0 saturated heterocycles. The number of nitrogens with two attached hydrogens (primary N) is 2. The van der Waals surface area contributed by atoms with Gasteiger partial charge in [-0.05, 0) is 45.7 Å². The van der Waals surface area contributed by atoms with Crippen LogP contribution in [0.4, 0.5) is 0 Å². The maximum absolute atomic E-state index is 13.3. The average molecular weight is 689 g/mol. The fourth-order valence-corrected chi connectivity index (χ4v) is 5.26. The van der Waals surface area contributed by atoms with E-state index in [1.165, 1.54) is 18.7 Å². The number of guanidine groups is 1. The van der Waals surface area contributed by atoms with E-state index in [2.05, 4.69) is 21.3 Å². The summed E-state index contributed by atoms with van der Waals surface area (Å²) in [5, 5.41) is 57.9. The van der Waals surface area contributed by atoms with Crippen molar-refractivity contribution in [3.63, 3.8) is 0 Å². The van der Waals surface area contributed by atoms with Crippen molar-refractivity contribution in [3.05, 3.63) is 46.7 Å². The first-order valence-corrected chi connectivity index (χ1v) is 15.4. The smallest absolute Gasteiger partial charge is 0.329 e. The quantitative estimate of drug-likeness (QED) is 0.0518. The summed E-state index contributed by atoms with van der Waals surface area (Å²) in [7, 11) is 0. The Bertz CT molecular complexity index is 1620. The molecule has 4 amide bonds. The molecular formula is C31H44N8O10. The van der Waals surface area contributed by atoms with Crippen LogP contribution in [-0.4, -0.2) is 117 Å². The maximum Gasteiger partial charge on any atom is 0.329 e. The number of aryl methyl sites for hydroxylation is 2. The lowest BCUT2D eigenvalue weighted by Gasteiger charge is -2.26. The number of benzene rings is 1. The average Bonchev–Trinajstić information content (AvgIpc) is 3.65. The standard InChI is InChI=1S/C31H44N8O10/c1-13-6-5-7-20-21(13)14(2)25(49-20)24(42)23(30(47)48)38-26(43)15(3)35-28(45)19(12-40)37-27(44)18(36-29(46)22(32)16(4)41)10-17-8-9-39(11-17)31(33)34/h5-8,15-16,18-19,22-24,40-42H,9-12,32H2,1-4H3,(H3,33,34)(H,35,45)(H,36,46)(H,37,44)(H,38,43)(H,47,48). The molecule has 7 atom stereocenters. The van der Waals surface area contributed by atoms with E-state index in [9.17, 15) is 44.4 Å². The van der Waals surface area contributed by atoms with E-state index in [1.807, 2.05) is 13.0 Å². The minimum absolute atomic E-state index is 0.0600. The largest absolute Gasteiger partial charge is 0.480 e. The maximum atomic E-state index is 13.3. The lowest BCUT2D eigenvalue weighted by Crippen LogP contribution is -2.59. The van der Waals surface area contributed by atoms with Crippen LogP contribution in [0.2, 0.25) is 0 Å². The summed E-state index contributed by atoms with van der Waals surface area (Å²) in [5.41, 5.74) is 13.6. The minimum atomic E-state index is -1.87. The van der Waals surface area contributed by atoms with Crippen molar-refractivity contribution < 1.29 is 48.8 Å². The number of nitrogens with zero attached hydrogens (tertiary/aromatic N) is 1. The van der Waals surface area contributed by atoms with Crippen molar-refractivity contribution in [1.82, 2.24) is 26.2 Å². The fraction of sp³-hybridized carbons (Fsp3) is 0.484. The molecule has 0 fully saturated rings. The second kappa shape index (κ2) is 16.4. The van der Waals surface area contributed by atoms with Gasteiger partial charge < -0.3 is 62.5 Å². The van der Waals surface area contributed by atoms with Crippen molar-refractivity contribution >= 4 is 46.5 Å². The Morgan fingerprint density at radius 2 is 1.61 bits per heavy atom. The van der Waals surface area contributed by atoms with Gasteiger partial charge in [-0.15, -0.1) is 0 Å². The molecule has 18 nitrogen and oxygen atoms in total. The van der Waals surface area contributed by atoms with Crippen LogP contribution in [0.15, 0.2) is 34.3 Å². The van der Waals surface area contributed by atoms with Gasteiger partial charge in [0.2, 0.25) is 23.6 Å². The van der Waals surface area contributed by atoms with Gasteiger partial charge in [-0.3, -0.25) is 24.6 Å². The molecule has 18 heteroatoms. The zero-order valence-electron chi connectivity index (χ0n) is 27.5. The molecule has 13 N–H and O–H groups in total. The molecule has 2 aromatic rings. The lowest BCUT2D eigenvalue weighted by molar-refractivity contribution is -0.146. The third-order valence-electron chi connectivity index (χ3n) is 8.17. The second-order valence-electron chi connectivity index (χ2n) is 11.9. The van der Waals surface area contributed by atoms with E-state index >= 15 is 0 Å². The Morgan fingerprint density at radius 3 is 2.16 bits per heavy atom. The first-order chi connectivity index (χ1) is 23.0. The van der Waals surface area contributed by atoms with E-state index in [-0.39, 0.29) is 24.7 Å². The molecule has 0 spiro atoms. The van der Waals surface area contributed by atoms with E-state index < -0.39 is 78.6 Å². The number of furan rings is 1. The summed E-state index contributed by atoms with van der Waals surface area (Å²) < 4.78 is 5.72. The predicted molar refractivity (Wildman–Crippen MR) is 175 cm³/mol. The lowest BCUT2D eigenvalue weighted by atomic mass is 10.0.